The maximum atomic E-state index is 11.2. The highest BCUT2D eigenvalue weighted by molar-refractivity contribution is 14.1. The highest BCUT2D eigenvalue weighted by atomic mass is 127. The molecule has 0 aliphatic carbocycles. The van der Waals surface area contributed by atoms with Crippen molar-refractivity contribution in [2.45, 2.75) is 19.4 Å². The lowest BCUT2D eigenvalue weighted by atomic mass is 9.98. The zero-order chi connectivity index (χ0) is 15.2. The average Bonchev–Trinajstić information content (AvgIpc) is 2.49. The SMILES string of the molecule is CCNC(Cc1ccc(I)cc1[N+](=O)[O-])c1ccccc1. The number of nitrogens with one attached hydrogen (secondary N) is 1. The van der Waals surface area contributed by atoms with E-state index >= 15 is 0 Å². The molecule has 0 spiro atoms. The molecular weight excluding hydrogens is 379 g/mol. The van der Waals surface area contributed by atoms with Crippen LogP contribution in [0, 0.1) is 13.7 Å². The van der Waals surface area contributed by atoms with Crippen LogP contribution >= 0.6 is 22.6 Å². The first-order chi connectivity index (χ1) is 10.1. The van der Waals surface area contributed by atoms with Gasteiger partial charge in [-0.3, -0.25) is 10.1 Å². The summed E-state index contributed by atoms with van der Waals surface area (Å²) in [4.78, 5) is 10.9. The second-order valence-corrected chi connectivity index (χ2v) is 6.00. The molecule has 2 aromatic carbocycles. The van der Waals surface area contributed by atoms with Crippen molar-refractivity contribution in [3.8, 4) is 0 Å². The Bertz CT molecular complexity index is 617. The predicted octanol–water partition coefficient (Wildman–Crippen LogP) is 4.09. The van der Waals surface area contributed by atoms with Gasteiger partial charge in [-0.25, -0.2) is 0 Å². The van der Waals surface area contributed by atoms with Gasteiger partial charge in [0.2, 0.25) is 0 Å². The van der Waals surface area contributed by atoms with Crippen LogP contribution in [0.15, 0.2) is 48.5 Å². The van der Waals surface area contributed by atoms with E-state index in [1.54, 1.807) is 6.07 Å². The smallest absolute Gasteiger partial charge is 0.273 e. The fraction of sp³-hybridized carbons (Fsp3) is 0.250. The second-order valence-electron chi connectivity index (χ2n) is 4.76. The molecule has 2 rings (SSSR count). The van der Waals surface area contributed by atoms with Gasteiger partial charge in [0.05, 0.1) is 4.92 Å². The van der Waals surface area contributed by atoms with E-state index in [0.29, 0.717) is 6.42 Å². The van der Waals surface area contributed by atoms with Gasteiger partial charge >= 0.3 is 0 Å². The monoisotopic (exact) mass is 396 g/mol. The summed E-state index contributed by atoms with van der Waals surface area (Å²) in [6.07, 6.45) is 0.602. The summed E-state index contributed by atoms with van der Waals surface area (Å²) in [7, 11) is 0. The first kappa shape index (κ1) is 15.9. The number of benzene rings is 2. The van der Waals surface area contributed by atoms with Crippen molar-refractivity contribution in [1.82, 2.24) is 5.32 Å². The standard InChI is InChI=1S/C16H17IN2O2/c1-2-18-15(12-6-4-3-5-7-12)10-13-8-9-14(17)11-16(13)19(20)21/h3-9,11,15,18H,2,10H2,1H3. The summed E-state index contributed by atoms with van der Waals surface area (Å²) in [5, 5.41) is 14.6. The quantitative estimate of drug-likeness (QED) is 0.455. The number of nitro benzene ring substituents is 1. The van der Waals surface area contributed by atoms with Crippen molar-refractivity contribution in [3.05, 3.63) is 73.3 Å². The van der Waals surface area contributed by atoms with E-state index in [9.17, 15) is 10.1 Å². The molecule has 0 saturated heterocycles. The van der Waals surface area contributed by atoms with Crippen molar-refractivity contribution in [2.75, 3.05) is 6.54 Å². The molecule has 4 nitrogen and oxygen atoms in total. The van der Waals surface area contributed by atoms with Gasteiger partial charge in [0.25, 0.3) is 5.69 Å². The first-order valence-electron chi connectivity index (χ1n) is 6.83. The minimum absolute atomic E-state index is 0.0787. The lowest BCUT2D eigenvalue weighted by Gasteiger charge is -2.18. The van der Waals surface area contributed by atoms with E-state index in [1.165, 1.54) is 0 Å². The van der Waals surface area contributed by atoms with Gasteiger partial charge in [-0.05, 0) is 47.2 Å². The predicted molar refractivity (Wildman–Crippen MR) is 92.4 cm³/mol. The van der Waals surface area contributed by atoms with E-state index in [1.807, 2.05) is 49.4 Å². The molecule has 0 aromatic heterocycles. The number of likely N-dealkylation sites (N-methyl/N-ethyl adjacent to an activating group) is 1. The first-order valence-corrected chi connectivity index (χ1v) is 7.91. The highest BCUT2D eigenvalue weighted by Crippen LogP contribution is 2.26. The van der Waals surface area contributed by atoms with Crippen molar-refractivity contribution >= 4 is 28.3 Å². The summed E-state index contributed by atoms with van der Waals surface area (Å²) < 4.78 is 0.878. The Balaban J connectivity index is 2.31. The summed E-state index contributed by atoms with van der Waals surface area (Å²) in [5.41, 5.74) is 2.10. The van der Waals surface area contributed by atoms with Crippen LogP contribution in [0.4, 0.5) is 5.69 Å². The molecule has 110 valence electrons. The van der Waals surface area contributed by atoms with Crippen LogP contribution in [-0.2, 0) is 6.42 Å². The fourth-order valence-electron chi connectivity index (χ4n) is 2.34. The van der Waals surface area contributed by atoms with Gasteiger partial charge in [-0.2, -0.15) is 0 Å². The summed E-state index contributed by atoms with van der Waals surface area (Å²) in [6.45, 7) is 2.86. The molecular formula is C16H17IN2O2. The number of nitrogens with zero attached hydrogens (tertiary/aromatic N) is 1. The molecule has 0 bridgehead atoms. The molecule has 1 N–H and O–H groups in total. The van der Waals surface area contributed by atoms with Gasteiger partial charge in [0.15, 0.2) is 0 Å². The number of halogens is 1. The molecule has 1 unspecified atom stereocenters. The molecule has 2 aromatic rings. The Hall–Kier alpha value is -1.47. The van der Waals surface area contributed by atoms with E-state index in [0.717, 1.165) is 21.2 Å². The van der Waals surface area contributed by atoms with Crippen LogP contribution in [0.1, 0.15) is 24.1 Å². The molecule has 0 aliphatic heterocycles. The maximum Gasteiger partial charge on any atom is 0.273 e. The van der Waals surface area contributed by atoms with Crippen LogP contribution in [0.3, 0.4) is 0 Å². The highest BCUT2D eigenvalue weighted by Gasteiger charge is 2.19. The van der Waals surface area contributed by atoms with E-state index < -0.39 is 0 Å². The van der Waals surface area contributed by atoms with Crippen LogP contribution in [0.5, 0.6) is 0 Å². The van der Waals surface area contributed by atoms with Gasteiger partial charge in [-0.1, -0.05) is 43.3 Å². The molecule has 5 heteroatoms. The molecule has 21 heavy (non-hydrogen) atoms. The van der Waals surface area contributed by atoms with Crippen molar-refractivity contribution in [2.24, 2.45) is 0 Å². The van der Waals surface area contributed by atoms with Gasteiger partial charge in [0.1, 0.15) is 0 Å². The van der Waals surface area contributed by atoms with Crippen LogP contribution in [-0.4, -0.2) is 11.5 Å². The zero-order valence-electron chi connectivity index (χ0n) is 11.8. The third kappa shape index (κ3) is 4.25. The lowest BCUT2D eigenvalue weighted by Crippen LogP contribution is -2.23. The van der Waals surface area contributed by atoms with Crippen LogP contribution in [0.25, 0.3) is 0 Å². The lowest BCUT2D eigenvalue weighted by molar-refractivity contribution is -0.385. The number of rotatable bonds is 6. The number of nitro groups is 1. The maximum absolute atomic E-state index is 11.2. The Kier molecular flexibility index (Phi) is 5.69. The van der Waals surface area contributed by atoms with E-state index in [4.69, 9.17) is 0 Å². The average molecular weight is 396 g/mol. The van der Waals surface area contributed by atoms with Crippen molar-refractivity contribution < 1.29 is 4.92 Å². The molecule has 0 radical (unpaired) electrons. The number of hydrogen-bond donors (Lipinski definition) is 1. The third-order valence-corrected chi connectivity index (χ3v) is 3.99. The fourth-order valence-corrected chi connectivity index (χ4v) is 2.81. The topological polar surface area (TPSA) is 55.2 Å². The Morgan fingerprint density at radius 3 is 2.57 bits per heavy atom. The summed E-state index contributed by atoms with van der Waals surface area (Å²) in [5.74, 6) is 0. The molecule has 0 heterocycles. The molecule has 0 saturated carbocycles. The largest absolute Gasteiger partial charge is 0.310 e. The van der Waals surface area contributed by atoms with Crippen LogP contribution < -0.4 is 5.32 Å². The second kappa shape index (κ2) is 7.51. The van der Waals surface area contributed by atoms with Crippen molar-refractivity contribution in [3.63, 3.8) is 0 Å². The molecule has 0 fully saturated rings. The van der Waals surface area contributed by atoms with E-state index in [2.05, 4.69) is 27.9 Å². The van der Waals surface area contributed by atoms with Gasteiger partial charge in [-0.15, -0.1) is 0 Å². The molecule has 0 amide bonds. The third-order valence-electron chi connectivity index (χ3n) is 3.32. The molecule has 1 atom stereocenters. The number of hydrogen-bond acceptors (Lipinski definition) is 3. The summed E-state index contributed by atoms with van der Waals surface area (Å²) in [6, 6.07) is 15.5. The Labute approximate surface area is 137 Å². The minimum Gasteiger partial charge on any atom is -0.310 e. The minimum atomic E-state index is -0.300. The van der Waals surface area contributed by atoms with Crippen molar-refractivity contribution in [1.29, 1.82) is 0 Å². The van der Waals surface area contributed by atoms with E-state index in [-0.39, 0.29) is 16.7 Å². The Morgan fingerprint density at radius 1 is 1.24 bits per heavy atom. The van der Waals surface area contributed by atoms with Gasteiger partial charge < -0.3 is 5.32 Å². The normalized spacial score (nSPS) is 12.1. The zero-order valence-corrected chi connectivity index (χ0v) is 13.9. The van der Waals surface area contributed by atoms with Gasteiger partial charge in [0, 0.05) is 21.2 Å². The molecule has 0 aliphatic rings. The van der Waals surface area contributed by atoms with Crippen LogP contribution in [0.2, 0.25) is 0 Å². The Morgan fingerprint density at radius 2 is 1.95 bits per heavy atom. The summed E-state index contributed by atoms with van der Waals surface area (Å²) >= 11 is 2.10.